The number of phenols is 1. The normalized spacial score (nSPS) is 12.5. The first-order valence-electron chi connectivity index (χ1n) is 4.49. The monoisotopic (exact) mass is 212 g/mol. The first-order chi connectivity index (χ1) is 6.56. The number of hydrogen-bond donors (Lipinski definition) is 1. The Morgan fingerprint density at radius 3 is 2.71 bits per heavy atom. The molecule has 1 aromatic rings. The average molecular weight is 213 g/mol. The Bertz CT molecular complexity index is 324. The van der Waals surface area contributed by atoms with Crippen molar-refractivity contribution in [3.05, 3.63) is 28.3 Å². The molecule has 0 radical (unpaired) electrons. The zero-order valence-electron chi connectivity index (χ0n) is 8.25. The zero-order valence-corrected chi connectivity index (χ0v) is 9.01. The van der Waals surface area contributed by atoms with Crippen LogP contribution in [0.4, 0.5) is 0 Å². The Hall–Kier alpha value is -1.02. The van der Waals surface area contributed by atoms with E-state index in [0.717, 1.165) is 17.4 Å². The van der Waals surface area contributed by atoms with Crippen molar-refractivity contribution in [1.82, 2.24) is 0 Å². The summed E-state index contributed by atoms with van der Waals surface area (Å²) in [5, 5.41) is 9.79. The molecule has 76 valence electrons. The van der Waals surface area contributed by atoms with Crippen LogP contribution >= 0.6 is 11.6 Å². The fourth-order valence-corrected chi connectivity index (χ4v) is 1.60. The molecule has 0 aliphatic rings. The molecule has 0 amide bonds. The zero-order chi connectivity index (χ0) is 10.7. The third-order valence-corrected chi connectivity index (χ3v) is 2.58. The lowest BCUT2D eigenvalue weighted by atomic mass is 9.96. The number of aromatic hydroxyl groups is 1. The van der Waals surface area contributed by atoms with Crippen molar-refractivity contribution in [2.75, 3.05) is 0 Å². The summed E-state index contributed by atoms with van der Waals surface area (Å²) in [6.07, 6.45) is 1.36. The van der Waals surface area contributed by atoms with Gasteiger partial charge in [-0.2, -0.15) is 0 Å². The summed E-state index contributed by atoms with van der Waals surface area (Å²) in [4.78, 5) is 10.3. The van der Waals surface area contributed by atoms with Crippen molar-refractivity contribution in [2.24, 2.45) is 0 Å². The van der Waals surface area contributed by atoms with Gasteiger partial charge in [-0.1, -0.05) is 24.6 Å². The van der Waals surface area contributed by atoms with Gasteiger partial charge in [-0.15, -0.1) is 0 Å². The van der Waals surface area contributed by atoms with E-state index >= 15 is 0 Å². The number of halogens is 1. The Kier molecular flexibility index (Phi) is 3.53. The molecule has 0 heterocycles. The molecule has 0 saturated carbocycles. The van der Waals surface area contributed by atoms with Gasteiger partial charge in [0.15, 0.2) is 0 Å². The first-order valence-corrected chi connectivity index (χ1v) is 4.86. The fourth-order valence-electron chi connectivity index (χ4n) is 1.33. The van der Waals surface area contributed by atoms with Crippen LogP contribution in [-0.2, 0) is 4.79 Å². The molecular weight excluding hydrogens is 200 g/mol. The van der Waals surface area contributed by atoms with Crippen LogP contribution in [0.3, 0.4) is 0 Å². The highest BCUT2D eigenvalue weighted by Crippen LogP contribution is 2.31. The minimum atomic E-state index is 0.119. The minimum absolute atomic E-state index is 0.119. The van der Waals surface area contributed by atoms with Crippen LogP contribution in [0.1, 0.15) is 30.4 Å². The lowest BCUT2D eigenvalue weighted by molar-refractivity contribution is -0.108. The maximum absolute atomic E-state index is 10.3. The van der Waals surface area contributed by atoms with E-state index in [2.05, 4.69) is 0 Å². The van der Waals surface area contributed by atoms with E-state index in [-0.39, 0.29) is 11.7 Å². The van der Waals surface area contributed by atoms with Crippen LogP contribution < -0.4 is 0 Å². The van der Waals surface area contributed by atoms with E-state index in [1.54, 1.807) is 13.0 Å². The molecule has 2 nitrogen and oxygen atoms in total. The predicted octanol–water partition coefficient (Wildman–Crippen LogP) is 3.05. The summed E-state index contributed by atoms with van der Waals surface area (Å²) >= 11 is 5.83. The van der Waals surface area contributed by atoms with Crippen molar-refractivity contribution in [1.29, 1.82) is 0 Å². The second-order valence-electron chi connectivity index (χ2n) is 3.47. The van der Waals surface area contributed by atoms with E-state index in [0.29, 0.717) is 11.4 Å². The van der Waals surface area contributed by atoms with Crippen LogP contribution in [-0.4, -0.2) is 11.4 Å². The van der Waals surface area contributed by atoms with E-state index in [9.17, 15) is 9.90 Å². The highest BCUT2D eigenvalue weighted by Gasteiger charge is 2.09. The number of rotatable bonds is 3. The van der Waals surface area contributed by atoms with Gasteiger partial charge in [0.1, 0.15) is 12.0 Å². The molecule has 0 fully saturated rings. The predicted molar refractivity (Wildman–Crippen MR) is 56.9 cm³/mol. The molecular formula is C11H13ClO2. The first kappa shape index (κ1) is 11.1. The fraction of sp³-hybridized carbons (Fsp3) is 0.364. The molecule has 0 aromatic heterocycles. The van der Waals surface area contributed by atoms with Crippen LogP contribution in [0.15, 0.2) is 12.1 Å². The maximum atomic E-state index is 10.3. The SMILES string of the molecule is Cc1cc(C(C)CC=O)cc(Cl)c1O. The van der Waals surface area contributed by atoms with E-state index in [1.807, 2.05) is 13.0 Å². The van der Waals surface area contributed by atoms with Gasteiger partial charge in [0.2, 0.25) is 0 Å². The summed E-state index contributed by atoms with van der Waals surface area (Å²) < 4.78 is 0. The third kappa shape index (κ3) is 2.26. The highest BCUT2D eigenvalue weighted by atomic mass is 35.5. The van der Waals surface area contributed by atoms with Crippen molar-refractivity contribution >= 4 is 17.9 Å². The lowest BCUT2D eigenvalue weighted by Crippen LogP contribution is -1.95. The maximum Gasteiger partial charge on any atom is 0.137 e. The molecule has 14 heavy (non-hydrogen) atoms. The second-order valence-corrected chi connectivity index (χ2v) is 3.88. The smallest absolute Gasteiger partial charge is 0.137 e. The van der Waals surface area contributed by atoms with Gasteiger partial charge in [0, 0.05) is 6.42 Å². The molecule has 1 atom stereocenters. The van der Waals surface area contributed by atoms with E-state index in [1.165, 1.54) is 0 Å². The summed E-state index contributed by atoms with van der Waals surface area (Å²) in [5.74, 6) is 0.262. The van der Waals surface area contributed by atoms with Gasteiger partial charge < -0.3 is 9.90 Å². The molecule has 0 spiro atoms. The number of benzene rings is 1. The molecule has 1 rings (SSSR count). The van der Waals surface area contributed by atoms with Gasteiger partial charge >= 0.3 is 0 Å². The van der Waals surface area contributed by atoms with Crippen LogP contribution in [0.5, 0.6) is 5.75 Å². The van der Waals surface area contributed by atoms with Crippen molar-refractivity contribution in [2.45, 2.75) is 26.2 Å². The van der Waals surface area contributed by atoms with Crippen LogP contribution in [0, 0.1) is 6.92 Å². The number of aldehydes is 1. The molecule has 3 heteroatoms. The molecule has 1 aromatic carbocycles. The topological polar surface area (TPSA) is 37.3 Å². The second kappa shape index (κ2) is 4.47. The standard InChI is InChI=1S/C11H13ClO2/c1-7(3-4-13)9-5-8(2)11(14)10(12)6-9/h4-7,14H,3H2,1-2H3. The summed E-state index contributed by atoms with van der Waals surface area (Å²) in [7, 11) is 0. The molecule has 1 N–H and O–H groups in total. The van der Waals surface area contributed by atoms with Gasteiger partial charge in [0.25, 0.3) is 0 Å². The van der Waals surface area contributed by atoms with E-state index < -0.39 is 0 Å². The molecule has 1 unspecified atom stereocenters. The van der Waals surface area contributed by atoms with Crippen molar-refractivity contribution in [3.8, 4) is 5.75 Å². The molecule has 0 saturated heterocycles. The van der Waals surface area contributed by atoms with Gasteiger partial charge in [-0.3, -0.25) is 0 Å². The number of carbonyl (C=O) groups excluding carboxylic acids is 1. The summed E-state index contributed by atoms with van der Waals surface area (Å²) in [6, 6.07) is 3.56. The highest BCUT2D eigenvalue weighted by molar-refractivity contribution is 6.32. The Labute approximate surface area is 88.5 Å². The third-order valence-electron chi connectivity index (χ3n) is 2.30. The Morgan fingerprint density at radius 1 is 1.57 bits per heavy atom. The lowest BCUT2D eigenvalue weighted by Gasteiger charge is -2.11. The quantitative estimate of drug-likeness (QED) is 0.782. The van der Waals surface area contributed by atoms with Gasteiger partial charge in [-0.05, 0) is 30.0 Å². The van der Waals surface area contributed by atoms with Crippen molar-refractivity contribution in [3.63, 3.8) is 0 Å². The Balaban J connectivity index is 3.05. The van der Waals surface area contributed by atoms with Crippen molar-refractivity contribution < 1.29 is 9.90 Å². The number of hydrogen-bond acceptors (Lipinski definition) is 2. The molecule has 0 aliphatic carbocycles. The van der Waals surface area contributed by atoms with Crippen LogP contribution in [0.25, 0.3) is 0 Å². The van der Waals surface area contributed by atoms with E-state index in [4.69, 9.17) is 11.6 Å². The Morgan fingerprint density at radius 2 is 2.21 bits per heavy atom. The molecule has 0 bridgehead atoms. The largest absolute Gasteiger partial charge is 0.506 e. The number of aryl methyl sites for hydroxylation is 1. The average Bonchev–Trinajstić information content (AvgIpc) is 2.13. The number of phenolic OH excluding ortho intramolecular Hbond substituents is 1. The molecule has 0 aliphatic heterocycles. The summed E-state index contributed by atoms with van der Waals surface area (Å²) in [6.45, 7) is 3.74. The number of carbonyl (C=O) groups is 1. The summed E-state index contributed by atoms with van der Waals surface area (Å²) in [5.41, 5.74) is 1.72. The van der Waals surface area contributed by atoms with Crippen LogP contribution in [0.2, 0.25) is 5.02 Å². The minimum Gasteiger partial charge on any atom is -0.506 e. The van der Waals surface area contributed by atoms with Gasteiger partial charge in [0.05, 0.1) is 5.02 Å². The van der Waals surface area contributed by atoms with Gasteiger partial charge in [-0.25, -0.2) is 0 Å².